The molecule has 120 valence electrons. The van der Waals surface area contributed by atoms with E-state index in [9.17, 15) is 5.11 Å². The Hall–Kier alpha value is -0.810. The molecule has 0 aliphatic heterocycles. The van der Waals surface area contributed by atoms with Gasteiger partial charge in [0.1, 0.15) is 18.5 Å². The van der Waals surface area contributed by atoms with Crippen molar-refractivity contribution in [3.05, 3.63) is 28.8 Å². The maximum absolute atomic E-state index is 9.84. The smallest absolute Gasteiger partial charge is 0.119 e. The van der Waals surface area contributed by atoms with Crippen molar-refractivity contribution in [3.8, 4) is 5.75 Å². The minimum atomic E-state index is -0.545. The van der Waals surface area contributed by atoms with Crippen LogP contribution >= 0.6 is 11.6 Å². The molecular formula is C16H26ClNO3. The van der Waals surface area contributed by atoms with Crippen LogP contribution < -0.4 is 10.1 Å². The molecule has 2 unspecified atom stereocenters. The number of aliphatic hydroxyl groups excluding tert-OH is 2. The Labute approximate surface area is 132 Å². The molecular weight excluding hydrogens is 290 g/mol. The number of ether oxygens (including phenoxy) is 1. The molecule has 0 bridgehead atoms. The lowest BCUT2D eigenvalue weighted by molar-refractivity contribution is 0.106. The summed E-state index contributed by atoms with van der Waals surface area (Å²) in [5, 5.41) is 22.6. The number of benzene rings is 1. The van der Waals surface area contributed by atoms with Gasteiger partial charge in [0.25, 0.3) is 0 Å². The van der Waals surface area contributed by atoms with Crippen LogP contribution in [-0.4, -0.2) is 42.6 Å². The van der Waals surface area contributed by atoms with Crippen molar-refractivity contribution in [3.63, 3.8) is 0 Å². The number of hydrogen-bond acceptors (Lipinski definition) is 4. The summed E-state index contributed by atoms with van der Waals surface area (Å²) in [5.41, 5.74) is 0.958. The van der Waals surface area contributed by atoms with Crippen LogP contribution in [0.3, 0.4) is 0 Å². The number of aliphatic hydroxyl groups is 2. The van der Waals surface area contributed by atoms with E-state index in [-0.39, 0.29) is 13.2 Å². The average molecular weight is 316 g/mol. The highest BCUT2D eigenvalue weighted by molar-refractivity contribution is 6.31. The average Bonchev–Trinajstić information content (AvgIpc) is 2.47. The SMILES string of the molecule is Cc1cc(OCC(O)CNCCCC(C)CO)ccc1Cl. The lowest BCUT2D eigenvalue weighted by Gasteiger charge is -2.14. The summed E-state index contributed by atoms with van der Waals surface area (Å²) in [7, 11) is 0. The molecule has 0 fully saturated rings. The van der Waals surface area contributed by atoms with Gasteiger partial charge in [-0.25, -0.2) is 0 Å². The van der Waals surface area contributed by atoms with Crippen LogP contribution in [0.15, 0.2) is 18.2 Å². The molecule has 0 spiro atoms. The fraction of sp³-hybridized carbons (Fsp3) is 0.625. The van der Waals surface area contributed by atoms with E-state index in [0.717, 1.165) is 24.9 Å². The maximum Gasteiger partial charge on any atom is 0.119 e. The topological polar surface area (TPSA) is 61.7 Å². The van der Waals surface area contributed by atoms with Crippen molar-refractivity contribution in [2.45, 2.75) is 32.8 Å². The fourth-order valence-electron chi connectivity index (χ4n) is 1.89. The van der Waals surface area contributed by atoms with Crippen LogP contribution in [-0.2, 0) is 0 Å². The molecule has 0 saturated heterocycles. The van der Waals surface area contributed by atoms with Gasteiger partial charge >= 0.3 is 0 Å². The van der Waals surface area contributed by atoms with Crippen LogP contribution in [0.1, 0.15) is 25.3 Å². The zero-order valence-electron chi connectivity index (χ0n) is 12.8. The van der Waals surface area contributed by atoms with Gasteiger partial charge in [0, 0.05) is 18.2 Å². The van der Waals surface area contributed by atoms with Crippen LogP contribution in [0.5, 0.6) is 5.75 Å². The van der Waals surface area contributed by atoms with Crippen LogP contribution in [0.2, 0.25) is 5.02 Å². The molecule has 21 heavy (non-hydrogen) atoms. The summed E-state index contributed by atoms with van der Waals surface area (Å²) < 4.78 is 5.53. The minimum absolute atomic E-state index is 0.233. The Morgan fingerprint density at radius 3 is 2.81 bits per heavy atom. The third kappa shape index (κ3) is 7.67. The summed E-state index contributed by atoms with van der Waals surface area (Å²) in [6.07, 6.45) is 1.43. The first kappa shape index (κ1) is 18.2. The third-order valence-electron chi connectivity index (χ3n) is 3.31. The molecule has 5 heteroatoms. The normalized spacial score (nSPS) is 14.0. The molecule has 1 aromatic rings. The molecule has 4 nitrogen and oxygen atoms in total. The van der Waals surface area contributed by atoms with E-state index in [0.29, 0.717) is 23.2 Å². The zero-order chi connectivity index (χ0) is 15.7. The second kappa shape index (κ2) is 10.0. The van der Waals surface area contributed by atoms with Crippen molar-refractivity contribution in [2.75, 3.05) is 26.3 Å². The first-order chi connectivity index (χ1) is 10.0. The highest BCUT2D eigenvalue weighted by atomic mass is 35.5. The van der Waals surface area contributed by atoms with Crippen molar-refractivity contribution in [2.24, 2.45) is 5.92 Å². The quantitative estimate of drug-likeness (QED) is 0.580. The Bertz CT molecular complexity index is 415. The first-order valence-electron chi connectivity index (χ1n) is 7.41. The van der Waals surface area contributed by atoms with Crippen LogP contribution in [0, 0.1) is 12.8 Å². The molecule has 0 amide bonds. The van der Waals surface area contributed by atoms with Crippen LogP contribution in [0.25, 0.3) is 0 Å². The third-order valence-corrected chi connectivity index (χ3v) is 3.74. The predicted molar refractivity (Wildman–Crippen MR) is 86.0 cm³/mol. The molecule has 0 aliphatic rings. The second-order valence-corrected chi connectivity index (χ2v) is 5.92. The van der Waals surface area contributed by atoms with E-state index < -0.39 is 6.10 Å². The van der Waals surface area contributed by atoms with Gasteiger partial charge in [0.2, 0.25) is 0 Å². The van der Waals surface area contributed by atoms with Crippen molar-refractivity contribution in [1.82, 2.24) is 5.32 Å². The standard InChI is InChI=1S/C16H26ClNO3/c1-12(10-19)4-3-7-18-9-14(20)11-21-15-5-6-16(17)13(2)8-15/h5-6,8,12,14,18-20H,3-4,7,9-11H2,1-2H3. The van der Waals surface area contributed by atoms with E-state index in [1.54, 1.807) is 12.1 Å². The van der Waals surface area contributed by atoms with Gasteiger partial charge in [-0.1, -0.05) is 18.5 Å². The van der Waals surface area contributed by atoms with Crippen LogP contribution in [0.4, 0.5) is 0 Å². The second-order valence-electron chi connectivity index (χ2n) is 5.51. The molecule has 0 aliphatic carbocycles. The highest BCUT2D eigenvalue weighted by Crippen LogP contribution is 2.21. The van der Waals surface area contributed by atoms with E-state index >= 15 is 0 Å². The van der Waals surface area contributed by atoms with Gasteiger partial charge < -0.3 is 20.3 Å². The first-order valence-corrected chi connectivity index (χ1v) is 7.79. The van der Waals surface area contributed by atoms with E-state index in [4.69, 9.17) is 21.4 Å². The van der Waals surface area contributed by atoms with Gasteiger partial charge in [-0.15, -0.1) is 0 Å². The maximum atomic E-state index is 9.84. The molecule has 0 saturated carbocycles. The Balaban J connectivity index is 2.13. The van der Waals surface area contributed by atoms with Gasteiger partial charge in [0.15, 0.2) is 0 Å². The summed E-state index contributed by atoms with van der Waals surface area (Å²) in [6.45, 7) is 5.76. The summed E-state index contributed by atoms with van der Waals surface area (Å²) in [6, 6.07) is 5.45. The summed E-state index contributed by atoms with van der Waals surface area (Å²) >= 11 is 5.94. The molecule has 3 N–H and O–H groups in total. The van der Waals surface area contributed by atoms with E-state index in [2.05, 4.69) is 5.32 Å². The Morgan fingerprint density at radius 2 is 2.14 bits per heavy atom. The van der Waals surface area contributed by atoms with Gasteiger partial charge in [-0.05, 0) is 56.0 Å². The number of rotatable bonds is 10. The minimum Gasteiger partial charge on any atom is -0.491 e. The van der Waals surface area contributed by atoms with E-state index in [1.165, 1.54) is 0 Å². The number of aryl methyl sites for hydroxylation is 1. The lowest BCUT2D eigenvalue weighted by atomic mass is 10.1. The summed E-state index contributed by atoms with van der Waals surface area (Å²) in [4.78, 5) is 0. The van der Waals surface area contributed by atoms with Gasteiger partial charge in [-0.2, -0.15) is 0 Å². The summed E-state index contributed by atoms with van der Waals surface area (Å²) in [5.74, 6) is 1.06. The monoisotopic (exact) mass is 315 g/mol. The predicted octanol–water partition coefficient (Wildman–Crippen LogP) is 2.39. The molecule has 0 heterocycles. The van der Waals surface area contributed by atoms with Crippen molar-refractivity contribution in [1.29, 1.82) is 0 Å². The largest absolute Gasteiger partial charge is 0.491 e. The molecule has 2 atom stereocenters. The number of nitrogens with one attached hydrogen (secondary N) is 1. The highest BCUT2D eigenvalue weighted by Gasteiger charge is 2.06. The lowest BCUT2D eigenvalue weighted by Crippen LogP contribution is -2.32. The number of hydrogen-bond donors (Lipinski definition) is 3. The van der Waals surface area contributed by atoms with Gasteiger partial charge in [-0.3, -0.25) is 0 Å². The molecule has 0 aromatic heterocycles. The molecule has 0 radical (unpaired) electrons. The zero-order valence-corrected chi connectivity index (χ0v) is 13.6. The Kier molecular flexibility index (Phi) is 8.69. The molecule has 1 aromatic carbocycles. The number of halogens is 1. The Morgan fingerprint density at radius 1 is 1.38 bits per heavy atom. The fourth-order valence-corrected chi connectivity index (χ4v) is 2.01. The van der Waals surface area contributed by atoms with E-state index in [1.807, 2.05) is 19.9 Å². The van der Waals surface area contributed by atoms with Crippen molar-refractivity contribution >= 4 is 11.6 Å². The van der Waals surface area contributed by atoms with Gasteiger partial charge in [0.05, 0.1) is 0 Å². The van der Waals surface area contributed by atoms with Crippen molar-refractivity contribution < 1.29 is 14.9 Å². The molecule has 1 rings (SSSR count).